The summed E-state index contributed by atoms with van der Waals surface area (Å²) >= 11 is 4.48. The largest absolute Gasteiger partial charge is 0.495 e. The van der Waals surface area contributed by atoms with Crippen LogP contribution >= 0.6 is 58.7 Å². The second kappa shape index (κ2) is 51.4. The highest BCUT2D eigenvalue weighted by Crippen LogP contribution is 2.42. The van der Waals surface area contributed by atoms with Crippen molar-refractivity contribution >= 4 is 147 Å². The number of nitrogens with two attached hydrogens (primary N) is 1. The van der Waals surface area contributed by atoms with E-state index in [1.165, 1.54) is 50.3 Å². The van der Waals surface area contributed by atoms with Crippen LogP contribution in [0.5, 0.6) is 0 Å². The van der Waals surface area contributed by atoms with Gasteiger partial charge in [-0.3, -0.25) is 0 Å². The van der Waals surface area contributed by atoms with Crippen LogP contribution in [0.25, 0.3) is 22.3 Å². The molecule has 12 fully saturated rings. The molecule has 7 atom stereocenters. The number of anilines is 10. The maximum absolute atomic E-state index is 13.0. The minimum absolute atomic E-state index is 0. The van der Waals surface area contributed by atoms with E-state index in [2.05, 4.69) is 158 Å². The molecule has 28 nitrogen and oxygen atoms in total. The lowest BCUT2D eigenvalue weighted by Gasteiger charge is -2.32. The van der Waals surface area contributed by atoms with Gasteiger partial charge in [0.15, 0.2) is 0 Å². The van der Waals surface area contributed by atoms with Crippen LogP contribution in [0, 0.1) is 69.4 Å². The molecule has 12 aliphatic rings. The monoisotopic (exact) mass is 2280 g/mol. The van der Waals surface area contributed by atoms with E-state index in [-0.39, 0.29) is 51.2 Å². The maximum Gasteiger partial charge on any atom is 0.495 e. The third-order valence-corrected chi connectivity index (χ3v) is 30.0. The van der Waals surface area contributed by atoms with Crippen molar-refractivity contribution in [2.75, 3.05) is 247 Å². The van der Waals surface area contributed by atoms with E-state index in [0.717, 1.165) is 212 Å². The van der Waals surface area contributed by atoms with E-state index in [4.69, 9.17) is 48.9 Å². The van der Waals surface area contributed by atoms with Gasteiger partial charge < -0.3 is 104 Å². The first-order valence-corrected chi connectivity index (χ1v) is 52.7. The number of hydrogen-bond donors (Lipinski definition) is 5. The van der Waals surface area contributed by atoms with E-state index >= 15 is 0 Å². The molecule has 796 valence electrons. The number of pyridine rings is 4. The molecule has 3 aromatic carbocycles. The number of alkyl halides is 9. The number of halogens is 12. The molecular weight excluding hydrogens is 2130 g/mol. The zero-order valence-corrected chi connectivity index (χ0v) is 90.1. The number of nitrogens with zero attached hydrogens (tertiary/aromatic N) is 14. The fraction of sp³-hybridized carbons (Fsp3) is 0.602. The minimum Gasteiger partial charge on any atom is -0.399 e. The Morgan fingerprint density at radius 1 is 0.407 bits per heavy atom. The highest BCUT2D eigenvalue weighted by atomic mass is 127. The van der Waals surface area contributed by atoms with Crippen LogP contribution in [0.4, 0.5) is 116 Å². The standard InChI is InChI=1S/C28H36F3N5O2.C27H35F3N6O2.C20H28BF3N2O3.C14H20IN3O.C9H10FIN2O.C5H11N.H2S/c1-19-5-7-35(17-19)26-14-22(13-25(33-26)34-9-11-38-12-10-34)24-15-23(4-3-20(24)2)32-27(37)36-8-6-21(18-36)16-28(29,30)31;1-18-2-3-22(32-26(37)36-6-4-19(16-36)15-27(28,29)30)14-23(18)20-12-24(34-8-10-38-11-9-34)33-25(13-20)35-7-5-21(31)17-35;1-13-6-7-15(10-16(13)21-28-18(2,3)19(4,5)29-21)25-17(27)26-9-8-14(12-26)11-20(22,23)24;1-11-2-3-18(10-11)14-9-12(15)8-13(16-14)17-4-6-19-7-5-17;10-8-5-7(11)6-9(12-8)13-1-3-14-4-2-13;1-5-2-3-6-4-5;/h3-4,13-15,19,21H,5-12,16-18H2,1-2H3,(H,32,37);2-3,12-14,19,21H,4-11,15-17,31H2,1H3,(H,32,37);6-7,10,14H,8-9,11-12H2,1-5H3,(H,25,27);8-9,11H,2-7,10H2,1H3;5-6H,1-4H2;5-6H,2-4H2,1H3;1H2/t2*19-,21-;14-;11-;;5-;/m0000.0./s1. The zero-order valence-electron chi connectivity index (χ0n) is 84.8. The Hall–Kier alpha value is -8.48. The number of likely N-dealkylation sites (tertiary alicyclic amines) is 3. The van der Waals surface area contributed by atoms with Crippen LogP contribution in [0.2, 0.25) is 0 Å². The molecule has 12 aliphatic heterocycles. The normalized spacial score (nSPS) is 22.6. The lowest BCUT2D eigenvalue weighted by molar-refractivity contribution is -0.144. The molecule has 16 heterocycles. The number of rotatable bonds is 16. The summed E-state index contributed by atoms with van der Waals surface area (Å²) in [6, 6.07) is 31.9. The van der Waals surface area contributed by atoms with Crippen molar-refractivity contribution in [2.24, 2.45) is 41.2 Å². The van der Waals surface area contributed by atoms with Crippen molar-refractivity contribution in [2.45, 2.75) is 169 Å². The van der Waals surface area contributed by atoms with Crippen LogP contribution in [0.1, 0.15) is 129 Å². The van der Waals surface area contributed by atoms with Gasteiger partial charge in [-0.2, -0.15) is 57.4 Å². The van der Waals surface area contributed by atoms with Crippen molar-refractivity contribution in [3.63, 3.8) is 0 Å². The molecule has 0 spiro atoms. The Bertz CT molecular complexity index is 5150. The average Bonchev–Trinajstić information content (AvgIpc) is 1.61. The summed E-state index contributed by atoms with van der Waals surface area (Å²) in [7, 11) is -0.556. The maximum atomic E-state index is 13.0. The van der Waals surface area contributed by atoms with Gasteiger partial charge in [-0.1, -0.05) is 44.5 Å². The van der Waals surface area contributed by atoms with E-state index in [1.807, 2.05) is 102 Å². The minimum atomic E-state index is -4.22. The fourth-order valence-electron chi connectivity index (χ4n) is 19.7. The zero-order chi connectivity index (χ0) is 103. The predicted molar refractivity (Wildman–Crippen MR) is 574 cm³/mol. The Labute approximate surface area is 880 Å². The Morgan fingerprint density at radius 3 is 1.05 bits per heavy atom. The molecule has 7 aromatic rings. The highest BCUT2D eigenvalue weighted by molar-refractivity contribution is 14.1. The first kappa shape index (κ1) is 114. The molecule has 0 bridgehead atoms. The number of urea groups is 3. The van der Waals surface area contributed by atoms with Crippen LogP contribution in [0.15, 0.2) is 103 Å². The van der Waals surface area contributed by atoms with Gasteiger partial charge in [0, 0.05) is 186 Å². The second-order valence-electron chi connectivity index (χ2n) is 41.1. The van der Waals surface area contributed by atoms with Crippen LogP contribution in [-0.2, 0) is 28.3 Å². The predicted octanol–water partition coefficient (Wildman–Crippen LogP) is 18.6. The quantitative estimate of drug-likeness (QED) is 0.0260. The van der Waals surface area contributed by atoms with Crippen LogP contribution in [0.3, 0.4) is 0 Å². The fourth-order valence-corrected chi connectivity index (χ4v) is 20.8. The molecule has 6 amide bonds. The van der Waals surface area contributed by atoms with E-state index in [0.29, 0.717) is 107 Å². The molecule has 145 heavy (non-hydrogen) atoms. The van der Waals surface area contributed by atoms with Crippen LogP contribution < -0.4 is 66.8 Å². The first-order valence-electron chi connectivity index (χ1n) is 50.6. The number of aryl methyl sites for hydroxylation is 3. The number of morpholine rings is 4. The molecule has 0 radical (unpaired) electrons. The topological polar surface area (TPSA) is 265 Å². The number of hydrogen-bond acceptors (Lipinski definition) is 22. The summed E-state index contributed by atoms with van der Waals surface area (Å²) in [4.78, 5) is 77.2. The third-order valence-electron chi connectivity index (χ3n) is 28.7. The lowest BCUT2D eigenvalue weighted by atomic mass is 9.76. The molecule has 0 unspecified atom stereocenters. The highest BCUT2D eigenvalue weighted by Gasteiger charge is 2.52. The van der Waals surface area contributed by atoms with Gasteiger partial charge in [0.2, 0.25) is 5.95 Å². The molecule has 12 saturated heterocycles. The average molecular weight is 2280 g/mol. The summed E-state index contributed by atoms with van der Waals surface area (Å²) in [5.74, 6) is 6.85. The van der Waals surface area contributed by atoms with E-state index in [1.54, 1.807) is 12.1 Å². The molecule has 19 rings (SSSR count). The summed E-state index contributed by atoms with van der Waals surface area (Å²) in [6.07, 6.45) is -9.40. The summed E-state index contributed by atoms with van der Waals surface area (Å²) < 4.78 is 163. The Kier molecular flexibility index (Phi) is 40.3. The summed E-state index contributed by atoms with van der Waals surface area (Å²) in [5.41, 5.74) is 14.8. The van der Waals surface area contributed by atoms with Gasteiger partial charge in [-0.05, 0) is 305 Å². The number of ether oxygens (including phenoxy) is 4. The molecule has 4 aromatic heterocycles. The lowest BCUT2D eigenvalue weighted by Crippen LogP contribution is -2.41. The molecule has 6 N–H and O–H groups in total. The van der Waals surface area contributed by atoms with Crippen molar-refractivity contribution in [3.05, 3.63) is 133 Å². The second-order valence-corrected chi connectivity index (χ2v) is 43.5. The number of carbonyl (C=O) groups excluding carboxylic acids is 3. The van der Waals surface area contributed by atoms with Gasteiger partial charge >= 0.3 is 43.7 Å². The SMILES string of the molecule is C[C@H]1CCN(c2cc(I)cc(N3CCOCC3)n2)C1.C[C@H]1CCNC1.Cc1ccc(NC(=O)N2CC[C@@H](CC(F)(F)F)C2)cc1-c1cc(N2CCOCC2)nc(N2CC[C@H](C)C2)c1.Cc1ccc(NC(=O)N2CC[C@@H](CC(F)(F)F)C2)cc1-c1cc(N2CCOCC2)nc(N2CC[C@H](N)C2)c1.Cc1ccc(NC(=O)N2CC[C@@H](CC(F)(F)F)C2)cc1B1OC(C)(C)C(C)(C)O1.Fc1cc(I)cc(N2CCOCC2)n1.S. The van der Waals surface area contributed by atoms with Crippen molar-refractivity contribution in [1.82, 2.24) is 40.0 Å². The van der Waals surface area contributed by atoms with Crippen molar-refractivity contribution in [1.29, 1.82) is 0 Å². The number of aromatic nitrogens is 4. The van der Waals surface area contributed by atoms with Crippen molar-refractivity contribution in [3.8, 4) is 22.3 Å². The van der Waals surface area contributed by atoms with Crippen LogP contribution in [-0.4, -0.2) is 292 Å². The number of nitrogens with one attached hydrogen (secondary N) is 4. The van der Waals surface area contributed by atoms with Gasteiger partial charge in [-0.25, -0.2) is 34.3 Å². The molecule has 0 aliphatic carbocycles. The summed E-state index contributed by atoms with van der Waals surface area (Å²) in [5, 5.41) is 11.9. The Balaban J connectivity index is 0.000000154. The van der Waals surface area contributed by atoms with E-state index < -0.39 is 85.8 Å². The number of amides is 6. The molecule has 0 saturated carbocycles. The first-order chi connectivity index (χ1) is 68.4. The third kappa shape index (κ3) is 33.3. The van der Waals surface area contributed by atoms with Gasteiger partial charge in [0.1, 0.15) is 40.7 Å². The summed E-state index contributed by atoms with van der Waals surface area (Å²) in [6.45, 7) is 42.5. The molecule has 42 heteroatoms. The van der Waals surface area contributed by atoms with Gasteiger partial charge in [0.05, 0.1) is 64.1 Å². The Morgan fingerprint density at radius 2 is 0.731 bits per heavy atom. The van der Waals surface area contributed by atoms with Crippen molar-refractivity contribution < 1.29 is 86.5 Å². The smallest absolute Gasteiger partial charge is 0.399 e. The number of carbonyl (C=O) groups is 3. The van der Waals surface area contributed by atoms with Gasteiger partial charge in [-0.15, -0.1) is 0 Å². The molecular formula is C103H142BF10I2N19O9S. The van der Waals surface area contributed by atoms with E-state index in [9.17, 15) is 58.3 Å². The van der Waals surface area contributed by atoms with Gasteiger partial charge in [0.25, 0.3) is 0 Å². The number of benzene rings is 3.